The summed E-state index contributed by atoms with van der Waals surface area (Å²) in [5.41, 5.74) is 2.27. The highest BCUT2D eigenvalue weighted by atomic mass is 32.2. The first-order valence-corrected chi connectivity index (χ1v) is 11.0. The molecule has 1 aliphatic carbocycles. The second kappa shape index (κ2) is 8.86. The van der Waals surface area contributed by atoms with Crippen molar-refractivity contribution in [3.8, 4) is 0 Å². The molecule has 140 valence electrons. The van der Waals surface area contributed by atoms with E-state index in [0.717, 1.165) is 23.1 Å². The predicted molar refractivity (Wildman–Crippen MR) is 108 cm³/mol. The molecule has 0 atom stereocenters. The molecule has 0 radical (unpaired) electrons. The number of nitrogens with one attached hydrogen (secondary N) is 1. The molecule has 3 rings (SSSR count). The summed E-state index contributed by atoms with van der Waals surface area (Å²) in [5.74, 6) is 0.373. The minimum atomic E-state index is -0.195. The Hall–Kier alpha value is -1.60. The molecular formula is C19H25N3O2S2. The molecule has 1 fully saturated rings. The normalized spacial score (nSPS) is 16.2. The number of hydrogen-bond donors (Lipinski definition) is 1. The van der Waals surface area contributed by atoms with E-state index in [1.54, 1.807) is 0 Å². The molecular weight excluding hydrogens is 366 g/mol. The van der Waals surface area contributed by atoms with Crippen molar-refractivity contribution in [2.75, 3.05) is 11.5 Å². The molecule has 0 spiro atoms. The Bertz CT molecular complexity index is 863. The summed E-state index contributed by atoms with van der Waals surface area (Å²) < 4.78 is 3.07. The number of carbonyl (C=O) groups excluding carboxylic acids is 2. The van der Waals surface area contributed by atoms with Crippen LogP contribution in [0.4, 0.5) is 0 Å². The van der Waals surface area contributed by atoms with Crippen molar-refractivity contribution < 1.29 is 9.59 Å². The van der Waals surface area contributed by atoms with Crippen LogP contribution in [0.15, 0.2) is 23.2 Å². The maximum absolute atomic E-state index is 12.2. The number of nitrogens with zero attached hydrogens (tertiary/aromatic N) is 2. The monoisotopic (exact) mass is 391 g/mol. The predicted octanol–water partition coefficient (Wildman–Crippen LogP) is 3.16. The van der Waals surface area contributed by atoms with Gasteiger partial charge in [0.05, 0.1) is 21.7 Å². The van der Waals surface area contributed by atoms with Gasteiger partial charge >= 0.3 is 0 Å². The summed E-state index contributed by atoms with van der Waals surface area (Å²) in [4.78, 5) is 29.1. The number of hydrogen-bond acceptors (Lipinski definition) is 4. The lowest BCUT2D eigenvalue weighted by Crippen LogP contribution is -2.37. The van der Waals surface area contributed by atoms with Gasteiger partial charge in [0.1, 0.15) is 0 Å². The average molecular weight is 392 g/mol. The largest absolute Gasteiger partial charge is 0.353 e. The van der Waals surface area contributed by atoms with Gasteiger partial charge in [-0.05, 0) is 37.5 Å². The number of aryl methyl sites for hydroxylation is 2. The molecule has 1 aromatic carbocycles. The highest BCUT2D eigenvalue weighted by Gasteiger charge is 2.15. The number of carbonyl (C=O) groups is 2. The van der Waals surface area contributed by atoms with Crippen molar-refractivity contribution in [1.29, 1.82) is 0 Å². The fourth-order valence-electron chi connectivity index (χ4n) is 3.23. The number of thioether (sulfide) groups is 1. The highest BCUT2D eigenvalue weighted by Crippen LogP contribution is 2.18. The number of aromatic nitrogens is 1. The summed E-state index contributed by atoms with van der Waals surface area (Å²) in [6.45, 7) is 2.05. The zero-order chi connectivity index (χ0) is 18.5. The van der Waals surface area contributed by atoms with Crippen molar-refractivity contribution in [3.05, 3.63) is 28.6 Å². The quantitative estimate of drug-likeness (QED) is 0.852. The Kier molecular flexibility index (Phi) is 6.53. The van der Waals surface area contributed by atoms with E-state index in [2.05, 4.69) is 35.4 Å². The van der Waals surface area contributed by atoms with Crippen LogP contribution in [0.5, 0.6) is 0 Å². The zero-order valence-electron chi connectivity index (χ0n) is 15.3. The molecule has 5 nitrogen and oxygen atoms in total. The fraction of sp³-hybridized carbons (Fsp3) is 0.526. The van der Waals surface area contributed by atoms with Gasteiger partial charge in [-0.3, -0.25) is 9.59 Å². The number of fused-ring (bicyclic) bond motifs is 1. The van der Waals surface area contributed by atoms with E-state index < -0.39 is 0 Å². The Balaban J connectivity index is 1.53. The van der Waals surface area contributed by atoms with E-state index in [1.165, 1.54) is 47.9 Å². The van der Waals surface area contributed by atoms with Crippen LogP contribution in [-0.2, 0) is 16.6 Å². The summed E-state index contributed by atoms with van der Waals surface area (Å²) in [5, 5.41) is 3.07. The minimum Gasteiger partial charge on any atom is -0.353 e. The van der Waals surface area contributed by atoms with Crippen molar-refractivity contribution in [2.45, 2.75) is 45.1 Å². The number of rotatable bonds is 5. The third-order valence-corrected chi connectivity index (χ3v) is 6.63. The van der Waals surface area contributed by atoms with Crippen LogP contribution in [0, 0.1) is 6.92 Å². The summed E-state index contributed by atoms with van der Waals surface area (Å²) in [6.07, 6.45) is 5.81. The van der Waals surface area contributed by atoms with Gasteiger partial charge in [0.2, 0.25) is 5.91 Å². The molecule has 0 aliphatic heterocycles. The first-order chi connectivity index (χ1) is 12.5. The van der Waals surface area contributed by atoms with E-state index in [1.807, 2.05) is 11.6 Å². The molecule has 26 heavy (non-hydrogen) atoms. The van der Waals surface area contributed by atoms with E-state index in [4.69, 9.17) is 0 Å². The topological polar surface area (TPSA) is 63.5 Å². The van der Waals surface area contributed by atoms with Crippen molar-refractivity contribution in [3.63, 3.8) is 0 Å². The van der Waals surface area contributed by atoms with Crippen LogP contribution in [0.25, 0.3) is 10.2 Å². The van der Waals surface area contributed by atoms with Crippen LogP contribution in [0.3, 0.4) is 0 Å². The van der Waals surface area contributed by atoms with Gasteiger partial charge in [0.15, 0.2) is 4.80 Å². The van der Waals surface area contributed by atoms with Crippen molar-refractivity contribution in [1.82, 2.24) is 9.88 Å². The van der Waals surface area contributed by atoms with Gasteiger partial charge in [-0.25, -0.2) is 0 Å². The SMILES string of the molecule is Cc1ccc2c(c1)sc(=NC(=O)CSCC(=O)NC1CCCCC1)n2C. The van der Waals surface area contributed by atoms with Crippen LogP contribution in [0.1, 0.15) is 37.7 Å². The second-order valence-electron chi connectivity index (χ2n) is 6.82. The Labute approximate surface area is 161 Å². The Morgan fingerprint density at radius 3 is 2.81 bits per heavy atom. The zero-order valence-corrected chi connectivity index (χ0v) is 16.9. The lowest BCUT2D eigenvalue weighted by atomic mass is 9.95. The van der Waals surface area contributed by atoms with Crippen LogP contribution >= 0.6 is 23.1 Å². The fourth-order valence-corrected chi connectivity index (χ4v) is 4.98. The summed E-state index contributed by atoms with van der Waals surface area (Å²) in [6, 6.07) is 6.53. The molecule has 7 heteroatoms. The molecule has 1 aromatic heterocycles. The third kappa shape index (κ3) is 4.98. The van der Waals surface area contributed by atoms with E-state index in [9.17, 15) is 9.59 Å². The number of benzene rings is 1. The van der Waals surface area contributed by atoms with E-state index >= 15 is 0 Å². The molecule has 1 heterocycles. The van der Waals surface area contributed by atoms with Gasteiger partial charge in [0, 0.05) is 13.1 Å². The van der Waals surface area contributed by atoms with Gasteiger partial charge in [-0.15, -0.1) is 11.8 Å². The first kappa shape index (κ1) is 19.2. The molecule has 1 saturated carbocycles. The van der Waals surface area contributed by atoms with Gasteiger partial charge in [0.25, 0.3) is 5.91 Å². The Morgan fingerprint density at radius 1 is 1.27 bits per heavy atom. The van der Waals surface area contributed by atoms with E-state index in [0.29, 0.717) is 16.6 Å². The number of amides is 2. The summed E-state index contributed by atoms with van der Waals surface area (Å²) >= 11 is 2.85. The van der Waals surface area contributed by atoms with Gasteiger partial charge in [-0.2, -0.15) is 4.99 Å². The molecule has 1 N–H and O–H groups in total. The number of thiazole rings is 1. The van der Waals surface area contributed by atoms with Crippen LogP contribution in [-0.4, -0.2) is 33.9 Å². The highest BCUT2D eigenvalue weighted by molar-refractivity contribution is 8.00. The lowest BCUT2D eigenvalue weighted by molar-refractivity contribution is -0.119. The molecule has 1 aliphatic rings. The maximum Gasteiger partial charge on any atom is 0.258 e. The molecule has 2 amide bonds. The second-order valence-corrected chi connectivity index (χ2v) is 8.81. The van der Waals surface area contributed by atoms with Crippen molar-refractivity contribution >= 4 is 45.1 Å². The van der Waals surface area contributed by atoms with E-state index in [-0.39, 0.29) is 17.6 Å². The third-order valence-electron chi connectivity index (χ3n) is 4.61. The van der Waals surface area contributed by atoms with Crippen LogP contribution in [0.2, 0.25) is 0 Å². The van der Waals surface area contributed by atoms with Crippen LogP contribution < -0.4 is 10.1 Å². The molecule has 2 aromatic rings. The molecule has 0 saturated heterocycles. The maximum atomic E-state index is 12.2. The first-order valence-electron chi connectivity index (χ1n) is 9.04. The van der Waals surface area contributed by atoms with Gasteiger partial charge in [-0.1, -0.05) is 36.7 Å². The van der Waals surface area contributed by atoms with Crippen molar-refractivity contribution in [2.24, 2.45) is 12.0 Å². The van der Waals surface area contributed by atoms with Gasteiger partial charge < -0.3 is 9.88 Å². The smallest absolute Gasteiger partial charge is 0.258 e. The average Bonchev–Trinajstić information content (AvgIpc) is 2.90. The standard InChI is InChI=1S/C19H25N3O2S2/c1-13-8-9-15-16(10-13)26-19(22(15)2)21-18(24)12-25-11-17(23)20-14-6-4-3-5-7-14/h8-10,14H,3-7,11-12H2,1-2H3,(H,20,23). The molecule has 0 unspecified atom stereocenters. The lowest BCUT2D eigenvalue weighted by Gasteiger charge is -2.22. The molecule has 0 bridgehead atoms. The minimum absolute atomic E-state index is 0.0255. The Morgan fingerprint density at radius 2 is 2.04 bits per heavy atom. The summed E-state index contributed by atoms with van der Waals surface area (Å²) in [7, 11) is 1.92.